The van der Waals surface area contributed by atoms with E-state index in [1.807, 2.05) is 6.07 Å². The van der Waals surface area contributed by atoms with Crippen LogP contribution in [0.5, 0.6) is 0 Å². The molecule has 100 valence electrons. The first-order chi connectivity index (χ1) is 9.29. The van der Waals surface area contributed by atoms with Crippen molar-refractivity contribution in [3.8, 4) is 12.3 Å². The number of amides is 1. The maximum atomic E-state index is 11.2. The van der Waals surface area contributed by atoms with Crippen molar-refractivity contribution < 1.29 is 4.79 Å². The number of terminal acetylenes is 1. The summed E-state index contributed by atoms with van der Waals surface area (Å²) in [7, 11) is 0. The van der Waals surface area contributed by atoms with Gasteiger partial charge in [-0.05, 0) is 12.5 Å². The van der Waals surface area contributed by atoms with Crippen LogP contribution in [0.4, 0.5) is 5.69 Å². The van der Waals surface area contributed by atoms with Crippen molar-refractivity contribution in [1.82, 2.24) is 15.2 Å². The van der Waals surface area contributed by atoms with Crippen LogP contribution in [-0.2, 0) is 4.79 Å². The Morgan fingerprint density at radius 1 is 1.58 bits per heavy atom. The second-order valence-corrected chi connectivity index (χ2v) is 4.47. The Bertz CT molecular complexity index is 481. The number of rotatable bonds is 5. The lowest BCUT2D eigenvalue weighted by Crippen LogP contribution is -2.47. The fourth-order valence-corrected chi connectivity index (χ4v) is 2.07. The van der Waals surface area contributed by atoms with Gasteiger partial charge in [0.2, 0.25) is 5.91 Å². The van der Waals surface area contributed by atoms with Crippen molar-refractivity contribution in [2.24, 2.45) is 0 Å². The minimum absolute atomic E-state index is 0.114. The van der Waals surface area contributed by atoms with E-state index in [1.165, 1.54) is 0 Å². The topological polar surface area (TPSA) is 57.3 Å². The molecule has 1 saturated heterocycles. The minimum Gasteiger partial charge on any atom is -0.384 e. The third-order valence-electron chi connectivity index (χ3n) is 3.06. The standard InChI is InChI=1S/C14H18N4O/c1-2-12-10-15-6-4-13(12)16-5-3-8-18-9-7-17-14(19)11-18/h1,4,6,10H,3,5,7-9,11H2,(H,15,16)(H,17,19). The van der Waals surface area contributed by atoms with Crippen LogP contribution in [0.2, 0.25) is 0 Å². The number of nitrogens with one attached hydrogen (secondary N) is 2. The minimum atomic E-state index is 0.114. The first-order valence-electron chi connectivity index (χ1n) is 6.43. The predicted molar refractivity (Wildman–Crippen MR) is 74.7 cm³/mol. The highest BCUT2D eigenvalue weighted by molar-refractivity contribution is 5.78. The quantitative estimate of drug-likeness (QED) is 0.589. The Morgan fingerprint density at radius 2 is 2.47 bits per heavy atom. The van der Waals surface area contributed by atoms with Crippen molar-refractivity contribution in [3.05, 3.63) is 24.0 Å². The fourth-order valence-electron chi connectivity index (χ4n) is 2.07. The Hall–Kier alpha value is -2.06. The molecule has 0 aromatic carbocycles. The molecule has 0 spiro atoms. The van der Waals surface area contributed by atoms with Gasteiger partial charge in [0.15, 0.2) is 0 Å². The molecule has 1 aromatic heterocycles. The van der Waals surface area contributed by atoms with E-state index in [9.17, 15) is 4.79 Å². The summed E-state index contributed by atoms with van der Waals surface area (Å²) in [5.41, 5.74) is 1.72. The summed E-state index contributed by atoms with van der Waals surface area (Å²) in [4.78, 5) is 17.4. The van der Waals surface area contributed by atoms with Crippen molar-refractivity contribution in [2.75, 3.05) is 38.0 Å². The summed E-state index contributed by atoms with van der Waals surface area (Å²) in [5, 5.41) is 6.12. The van der Waals surface area contributed by atoms with Crippen LogP contribution in [0.25, 0.3) is 0 Å². The SMILES string of the molecule is C#Cc1cnccc1NCCCN1CCNC(=O)C1. The number of piperazine rings is 1. The van der Waals surface area contributed by atoms with E-state index in [4.69, 9.17) is 6.42 Å². The van der Waals surface area contributed by atoms with Gasteiger partial charge in [-0.1, -0.05) is 5.92 Å². The molecule has 0 unspecified atom stereocenters. The molecule has 1 amide bonds. The molecule has 0 radical (unpaired) electrons. The summed E-state index contributed by atoms with van der Waals surface area (Å²) in [6.45, 7) is 3.92. The van der Waals surface area contributed by atoms with Crippen LogP contribution in [0.3, 0.4) is 0 Å². The van der Waals surface area contributed by atoms with Crippen LogP contribution in [0.15, 0.2) is 18.5 Å². The van der Waals surface area contributed by atoms with Gasteiger partial charge in [-0.3, -0.25) is 14.7 Å². The highest BCUT2D eigenvalue weighted by atomic mass is 16.2. The first kappa shape index (κ1) is 13.4. The van der Waals surface area contributed by atoms with E-state index in [2.05, 4.69) is 26.4 Å². The van der Waals surface area contributed by atoms with Crippen molar-refractivity contribution in [1.29, 1.82) is 0 Å². The lowest BCUT2D eigenvalue weighted by molar-refractivity contribution is -0.124. The average molecular weight is 258 g/mol. The molecule has 0 aliphatic carbocycles. The molecular formula is C14H18N4O. The maximum absolute atomic E-state index is 11.2. The monoisotopic (exact) mass is 258 g/mol. The highest BCUT2D eigenvalue weighted by Crippen LogP contribution is 2.11. The summed E-state index contributed by atoms with van der Waals surface area (Å²) in [5.74, 6) is 2.72. The zero-order valence-electron chi connectivity index (χ0n) is 10.9. The number of nitrogens with zero attached hydrogens (tertiary/aromatic N) is 2. The molecule has 1 aliphatic heterocycles. The van der Waals surface area contributed by atoms with E-state index in [0.29, 0.717) is 6.54 Å². The van der Waals surface area contributed by atoms with Crippen LogP contribution in [0.1, 0.15) is 12.0 Å². The molecule has 1 fully saturated rings. The van der Waals surface area contributed by atoms with E-state index in [1.54, 1.807) is 12.4 Å². The Kier molecular flexibility index (Phi) is 4.76. The van der Waals surface area contributed by atoms with Gasteiger partial charge in [0, 0.05) is 38.6 Å². The summed E-state index contributed by atoms with van der Waals surface area (Å²) < 4.78 is 0. The van der Waals surface area contributed by atoms with Crippen molar-refractivity contribution in [3.63, 3.8) is 0 Å². The van der Waals surface area contributed by atoms with Gasteiger partial charge in [-0.2, -0.15) is 0 Å². The Balaban J connectivity index is 1.72. The smallest absolute Gasteiger partial charge is 0.234 e. The van der Waals surface area contributed by atoms with Crippen LogP contribution < -0.4 is 10.6 Å². The lowest BCUT2D eigenvalue weighted by Gasteiger charge is -2.26. The van der Waals surface area contributed by atoms with E-state index in [-0.39, 0.29) is 5.91 Å². The molecule has 5 heteroatoms. The van der Waals surface area contributed by atoms with Gasteiger partial charge in [0.25, 0.3) is 0 Å². The van der Waals surface area contributed by atoms with Gasteiger partial charge in [0.05, 0.1) is 17.8 Å². The first-order valence-corrected chi connectivity index (χ1v) is 6.43. The van der Waals surface area contributed by atoms with Crippen LogP contribution in [-0.4, -0.2) is 48.5 Å². The molecule has 1 aromatic rings. The zero-order chi connectivity index (χ0) is 13.5. The van der Waals surface area contributed by atoms with E-state index >= 15 is 0 Å². The molecule has 0 atom stereocenters. The molecule has 2 heterocycles. The van der Waals surface area contributed by atoms with Crippen molar-refractivity contribution in [2.45, 2.75) is 6.42 Å². The van der Waals surface area contributed by atoms with Gasteiger partial charge in [-0.25, -0.2) is 0 Å². The maximum Gasteiger partial charge on any atom is 0.234 e. The van der Waals surface area contributed by atoms with E-state index in [0.717, 1.165) is 43.9 Å². The van der Waals surface area contributed by atoms with Gasteiger partial charge in [0.1, 0.15) is 0 Å². The normalized spacial score (nSPS) is 15.6. The lowest BCUT2D eigenvalue weighted by atomic mass is 10.2. The molecule has 19 heavy (non-hydrogen) atoms. The van der Waals surface area contributed by atoms with Gasteiger partial charge in [-0.15, -0.1) is 6.42 Å². The Labute approximate surface area is 113 Å². The number of anilines is 1. The van der Waals surface area contributed by atoms with Gasteiger partial charge < -0.3 is 10.6 Å². The number of aromatic nitrogens is 1. The number of pyridine rings is 1. The largest absolute Gasteiger partial charge is 0.384 e. The van der Waals surface area contributed by atoms with Crippen LogP contribution in [0, 0.1) is 12.3 Å². The third-order valence-corrected chi connectivity index (χ3v) is 3.06. The van der Waals surface area contributed by atoms with Gasteiger partial charge >= 0.3 is 0 Å². The van der Waals surface area contributed by atoms with Crippen molar-refractivity contribution >= 4 is 11.6 Å². The van der Waals surface area contributed by atoms with Crippen LogP contribution >= 0.6 is 0 Å². The molecular weight excluding hydrogens is 240 g/mol. The number of carbonyl (C=O) groups excluding carboxylic acids is 1. The second-order valence-electron chi connectivity index (χ2n) is 4.47. The summed E-state index contributed by atoms with van der Waals surface area (Å²) in [6, 6.07) is 1.88. The molecule has 5 nitrogen and oxygen atoms in total. The third kappa shape index (κ3) is 3.97. The zero-order valence-corrected chi connectivity index (χ0v) is 10.9. The summed E-state index contributed by atoms with van der Waals surface area (Å²) in [6.07, 6.45) is 9.77. The summed E-state index contributed by atoms with van der Waals surface area (Å²) >= 11 is 0. The number of hydrogen-bond acceptors (Lipinski definition) is 4. The predicted octanol–water partition coefficient (Wildman–Crippen LogP) is 0.297. The molecule has 1 aliphatic rings. The fraction of sp³-hybridized carbons (Fsp3) is 0.429. The number of hydrogen-bond donors (Lipinski definition) is 2. The Morgan fingerprint density at radius 3 is 3.26 bits per heavy atom. The highest BCUT2D eigenvalue weighted by Gasteiger charge is 2.14. The molecule has 0 saturated carbocycles. The molecule has 2 rings (SSSR count). The number of carbonyl (C=O) groups is 1. The second kappa shape index (κ2) is 6.76. The molecule has 0 bridgehead atoms. The average Bonchev–Trinajstić information content (AvgIpc) is 2.44. The molecule has 2 N–H and O–H groups in total. The van der Waals surface area contributed by atoms with E-state index < -0.39 is 0 Å².